The third kappa shape index (κ3) is 3.28. The molecule has 1 aromatic rings. The predicted molar refractivity (Wildman–Crippen MR) is 78.3 cm³/mol. The quantitative estimate of drug-likeness (QED) is 0.780. The van der Waals surface area contributed by atoms with E-state index in [9.17, 15) is 9.90 Å². The highest BCUT2D eigenvalue weighted by Gasteiger charge is 2.31. The van der Waals surface area contributed by atoms with Crippen molar-refractivity contribution < 1.29 is 9.90 Å². The summed E-state index contributed by atoms with van der Waals surface area (Å²) in [4.78, 5) is 16.3. The summed E-state index contributed by atoms with van der Waals surface area (Å²) >= 11 is 0. The number of nitrogens with two attached hydrogens (primary N) is 1. The summed E-state index contributed by atoms with van der Waals surface area (Å²) in [6.07, 6.45) is 6.94. The fourth-order valence-electron chi connectivity index (χ4n) is 2.83. The molecule has 110 valence electrons. The molecule has 0 bridgehead atoms. The lowest BCUT2D eigenvalue weighted by Crippen LogP contribution is -2.41. The number of amides is 1. The van der Waals surface area contributed by atoms with Crippen molar-refractivity contribution in [1.82, 2.24) is 10.3 Å². The average molecular weight is 277 g/mol. The number of aliphatic hydroxyl groups is 1. The number of anilines is 1. The molecule has 1 aliphatic rings. The molecule has 0 spiro atoms. The smallest absolute Gasteiger partial charge is 0.253 e. The monoisotopic (exact) mass is 277 g/mol. The summed E-state index contributed by atoms with van der Waals surface area (Å²) in [6.45, 7) is 2.43. The number of carbonyl (C=O) groups excluding carboxylic acids is 1. The standard InChI is InChI=1S/C15H23N3O2/c1-11-13(7-12(16)8-17-11)14(20)18-9-15(10-19)5-3-2-4-6-15/h7-8,19H,2-6,9-10,16H2,1H3,(H,18,20). The van der Waals surface area contributed by atoms with Gasteiger partial charge in [-0.15, -0.1) is 0 Å². The van der Waals surface area contributed by atoms with Gasteiger partial charge in [0, 0.05) is 12.0 Å². The van der Waals surface area contributed by atoms with Crippen LogP contribution in [0, 0.1) is 12.3 Å². The van der Waals surface area contributed by atoms with Crippen molar-refractivity contribution in [3.8, 4) is 0 Å². The van der Waals surface area contributed by atoms with Crippen LogP contribution in [0.2, 0.25) is 0 Å². The van der Waals surface area contributed by atoms with E-state index in [2.05, 4.69) is 10.3 Å². The molecule has 0 aliphatic heterocycles. The van der Waals surface area contributed by atoms with Crippen LogP contribution in [0.1, 0.15) is 48.2 Å². The zero-order chi connectivity index (χ0) is 14.6. The molecule has 0 unspecified atom stereocenters. The Morgan fingerprint density at radius 1 is 1.45 bits per heavy atom. The molecular weight excluding hydrogens is 254 g/mol. The minimum atomic E-state index is -0.166. The van der Waals surface area contributed by atoms with E-state index in [1.54, 1.807) is 19.2 Å². The number of nitrogen functional groups attached to an aromatic ring is 1. The first-order valence-corrected chi connectivity index (χ1v) is 7.17. The molecule has 20 heavy (non-hydrogen) atoms. The Hall–Kier alpha value is -1.62. The molecule has 0 saturated heterocycles. The molecule has 1 fully saturated rings. The molecular formula is C15H23N3O2. The van der Waals surface area contributed by atoms with Gasteiger partial charge in [-0.3, -0.25) is 9.78 Å². The van der Waals surface area contributed by atoms with Gasteiger partial charge in [0.25, 0.3) is 5.91 Å². The summed E-state index contributed by atoms with van der Waals surface area (Å²) < 4.78 is 0. The number of hydrogen-bond acceptors (Lipinski definition) is 4. The zero-order valence-electron chi connectivity index (χ0n) is 12.0. The molecule has 5 heteroatoms. The van der Waals surface area contributed by atoms with Crippen LogP contribution >= 0.6 is 0 Å². The van der Waals surface area contributed by atoms with E-state index in [1.807, 2.05) is 0 Å². The Labute approximate surface area is 119 Å². The number of aliphatic hydroxyl groups excluding tert-OH is 1. The van der Waals surface area contributed by atoms with Crippen LogP contribution in [0.25, 0.3) is 0 Å². The SMILES string of the molecule is Cc1ncc(N)cc1C(=O)NCC1(CO)CCCCC1. The van der Waals surface area contributed by atoms with E-state index in [4.69, 9.17) is 5.73 Å². The molecule has 5 nitrogen and oxygen atoms in total. The second-order valence-electron chi connectivity index (χ2n) is 5.80. The first-order valence-electron chi connectivity index (χ1n) is 7.17. The minimum Gasteiger partial charge on any atom is -0.397 e. The summed E-state index contributed by atoms with van der Waals surface area (Å²) in [5.41, 5.74) is 7.17. The van der Waals surface area contributed by atoms with Crippen molar-refractivity contribution in [2.24, 2.45) is 5.41 Å². The molecule has 1 heterocycles. The first-order chi connectivity index (χ1) is 9.56. The molecule has 1 saturated carbocycles. The molecule has 1 aliphatic carbocycles. The van der Waals surface area contributed by atoms with Crippen molar-refractivity contribution in [3.63, 3.8) is 0 Å². The third-order valence-electron chi connectivity index (χ3n) is 4.23. The maximum atomic E-state index is 12.2. The van der Waals surface area contributed by atoms with Gasteiger partial charge in [0.2, 0.25) is 0 Å². The predicted octanol–water partition coefficient (Wildman–Crippen LogP) is 1.64. The summed E-state index contributed by atoms with van der Waals surface area (Å²) in [5, 5.41) is 12.6. The minimum absolute atomic E-state index is 0.126. The summed E-state index contributed by atoms with van der Waals surface area (Å²) in [6, 6.07) is 1.64. The number of aryl methyl sites for hydroxylation is 1. The van der Waals surface area contributed by atoms with Gasteiger partial charge in [0.15, 0.2) is 0 Å². The van der Waals surface area contributed by atoms with Gasteiger partial charge >= 0.3 is 0 Å². The zero-order valence-corrected chi connectivity index (χ0v) is 12.0. The molecule has 0 radical (unpaired) electrons. The highest BCUT2D eigenvalue weighted by Crippen LogP contribution is 2.35. The van der Waals surface area contributed by atoms with Crippen LogP contribution in [0.5, 0.6) is 0 Å². The molecule has 1 aromatic heterocycles. The Morgan fingerprint density at radius 3 is 2.80 bits per heavy atom. The molecule has 1 amide bonds. The van der Waals surface area contributed by atoms with E-state index < -0.39 is 0 Å². The molecule has 2 rings (SSSR count). The van der Waals surface area contributed by atoms with E-state index in [0.29, 0.717) is 23.5 Å². The first kappa shape index (κ1) is 14.8. The van der Waals surface area contributed by atoms with Crippen LogP contribution in [0.3, 0.4) is 0 Å². The lowest BCUT2D eigenvalue weighted by atomic mass is 9.74. The Bertz CT molecular complexity index is 482. The van der Waals surface area contributed by atoms with Gasteiger partial charge in [-0.2, -0.15) is 0 Å². The molecule has 0 atom stereocenters. The number of rotatable bonds is 4. The van der Waals surface area contributed by atoms with Crippen LogP contribution in [0.15, 0.2) is 12.3 Å². The number of nitrogens with zero attached hydrogens (tertiary/aromatic N) is 1. The van der Waals surface area contributed by atoms with Gasteiger partial charge in [-0.25, -0.2) is 0 Å². The number of pyridine rings is 1. The van der Waals surface area contributed by atoms with Crippen LogP contribution < -0.4 is 11.1 Å². The van der Waals surface area contributed by atoms with Crippen LogP contribution in [-0.2, 0) is 0 Å². The lowest BCUT2D eigenvalue weighted by Gasteiger charge is -2.35. The van der Waals surface area contributed by atoms with E-state index in [-0.39, 0.29) is 17.9 Å². The number of hydrogen-bond donors (Lipinski definition) is 3. The van der Waals surface area contributed by atoms with Crippen molar-refractivity contribution in [2.45, 2.75) is 39.0 Å². The molecule has 4 N–H and O–H groups in total. The second-order valence-corrected chi connectivity index (χ2v) is 5.80. The maximum Gasteiger partial charge on any atom is 0.253 e. The summed E-state index contributed by atoms with van der Waals surface area (Å²) in [7, 11) is 0. The van der Waals surface area contributed by atoms with Gasteiger partial charge < -0.3 is 16.2 Å². The van der Waals surface area contributed by atoms with Crippen molar-refractivity contribution >= 4 is 11.6 Å². The topological polar surface area (TPSA) is 88.2 Å². The fourth-order valence-corrected chi connectivity index (χ4v) is 2.83. The Balaban J connectivity index is 2.02. The van der Waals surface area contributed by atoms with E-state index >= 15 is 0 Å². The Kier molecular flexibility index (Phi) is 4.60. The largest absolute Gasteiger partial charge is 0.397 e. The van der Waals surface area contributed by atoms with E-state index in [1.165, 1.54) is 6.42 Å². The number of aromatic nitrogens is 1. The highest BCUT2D eigenvalue weighted by molar-refractivity contribution is 5.95. The van der Waals surface area contributed by atoms with Gasteiger partial charge in [0.05, 0.1) is 29.7 Å². The van der Waals surface area contributed by atoms with Crippen LogP contribution in [0.4, 0.5) is 5.69 Å². The average Bonchev–Trinajstić information content (AvgIpc) is 2.48. The van der Waals surface area contributed by atoms with Crippen molar-refractivity contribution in [2.75, 3.05) is 18.9 Å². The van der Waals surface area contributed by atoms with Crippen molar-refractivity contribution in [1.29, 1.82) is 0 Å². The second kappa shape index (κ2) is 6.22. The molecule has 0 aromatic carbocycles. The van der Waals surface area contributed by atoms with E-state index in [0.717, 1.165) is 25.7 Å². The Morgan fingerprint density at radius 2 is 2.15 bits per heavy atom. The number of carbonyl (C=O) groups is 1. The van der Waals surface area contributed by atoms with Crippen LogP contribution in [-0.4, -0.2) is 29.1 Å². The van der Waals surface area contributed by atoms with Gasteiger partial charge in [-0.05, 0) is 25.8 Å². The third-order valence-corrected chi connectivity index (χ3v) is 4.23. The highest BCUT2D eigenvalue weighted by atomic mass is 16.3. The van der Waals surface area contributed by atoms with Gasteiger partial charge in [-0.1, -0.05) is 19.3 Å². The normalized spacial score (nSPS) is 17.7. The lowest BCUT2D eigenvalue weighted by molar-refractivity contribution is 0.0717. The number of nitrogens with one attached hydrogen (secondary N) is 1. The van der Waals surface area contributed by atoms with Crippen molar-refractivity contribution in [3.05, 3.63) is 23.5 Å². The maximum absolute atomic E-state index is 12.2. The summed E-state index contributed by atoms with van der Waals surface area (Å²) in [5.74, 6) is -0.166. The van der Waals surface area contributed by atoms with Gasteiger partial charge in [0.1, 0.15) is 0 Å². The fraction of sp³-hybridized carbons (Fsp3) is 0.600.